The van der Waals surface area contributed by atoms with Gasteiger partial charge in [-0.05, 0) is 24.3 Å². The summed E-state index contributed by atoms with van der Waals surface area (Å²) < 4.78 is 27.2. The molecule has 0 saturated heterocycles. The van der Waals surface area contributed by atoms with Crippen molar-refractivity contribution < 1.29 is 18.4 Å². The standard InChI is InChI=1S/C13H10N4O5S/c18-13-5-4-8(6-12(13)17(19)20)23(21,22)16-11-3-1-2-10-9(11)7-14-15-10/h1-7,16,18H,(H,14,15). The number of phenolic OH excluding ortho intramolecular Hbond substituents is 1. The molecule has 0 bridgehead atoms. The Kier molecular flexibility index (Phi) is 3.37. The van der Waals surface area contributed by atoms with Crippen molar-refractivity contribution in [1.29, 1.82) is 0 Å². The second kappa shape index (κ2) is 5.25. The minimum absolute atomic E-state index is 0.284. The van der Waals surface area contributed by atoms with Crippen LogP contribution in [0, 0.1) is 10.1 Å². The van der Waals surface area contributed by atoms with Gasteiger partial charge in [-0.25, -0.2) is 8.42 Å². The molecular weight excluding hydrogens is 324 g/mol. The number of nitro benzene ring substituents is 1. The van der Waals surface area contributed by atoms with Gasteiger partial charge in [-0.1, -0.05) is 6.07 Å². The number of sulfonamides is 1. The number of fused-ring (bicyclic) bond motifs is 1. The van der Waals surface area contributed by atoms with Gasteiger partial charge in [0, 0.05) is 11.5 Å². The van der Waals surface area contributed by atoms with Gasteiger partial charge >= 0.3 is 5.69 Å². The molecule has 0 unspecified atom stereocenters. The van der Waals surface area contributed by atoms with E-state index in [0.29, 0.717) is 10.9 Å². The van der Waals surface area contributed by atoms with Crippen LogP contribution in [0.1, 0.15) is 0 Å². The molecule has 0 radical (unpaired) electrons. The number of anilines is 1. The second-order valence-electron chi connectivity index (χ2n) is 4.65. The zero-order valence-electron chi connectivity index (χ0n) is 11.4. The van der Waals surface area contributed by atoms with Crippen molar-refractivity contribution in [3.63, 3.8) is 0 Å². The maximum Gasteiger partial charge on any atom is 0.312 e. The quantitative estimate of drug-likeness (QED) is 0.492. The average Bonchev–Trinajstić information content (AvgIpc) is 2.96. The number of benzene rings is 2. The summed E-state index contributed by atoms with van der Waals surface area (Å²) in [6.07, 6.45) is 1.46. The van der Waals surface area contributed by atoms with E-state index < -0.39 is 26.4 Å². The molecule has 0 amide bonds. The van der Waals surface area contributed by atoms with Crippen LogP contribution < -0.4 is 4.72 Å². The van der Waals surface area contributed by atoms with Crippen LogP contribution in [0.2, 0.25) is 0 Å². The van der Waals surface area contributed by atoms with Crippen molar-refractivity contribution in [2.75, 3.05) is 4.72 Å². The van der Waals surface area contributed by atoms with Crippen LogP contribution >= 0.6 is 0 Å². The number of rotatable bonds is 4. The number of H-pyrrole nitrogens is 1. The third-order valence-corrected chi connectivity index (χ3v) is 4.55. The number of aromatic amines is 1. The largest absolute Gasteiger partial charge is 0.502 e. The van der Waals surface area contributed by atoms with E-state index in [1.165, 1.54) is 6.20 Å². The molecule has 0 saturated carbocycles. The highest BCUT2D eigenvalue weighted by atomic mass is 32.2. The van der Waals surface area contributed by atoms with Crippen LogP contribution in [0.15, 0.2) is 47.5 Å². The highest BCUT2D eigenvalue weighted by Crippen LogP contribution is 2.30. The summed E-state index contributed by atoms with van der Waals surface area (Å²) in [5, 5.41) is 27.3. The van der Waals surface area contributed by atoms with Gasteiger partial charge in [0.25, 0.3) is 10.0 Å². The Morgan fingerprint density at radius 2 is 2.04 bits per heavy atom. The molecule has 3 aromatic rings. The number of hydrogen-bond donors (Lipinski definition) is 3. The average molecular weight is 334 g/mol. The number of aromatic hydroxyl groups is 1. The summed E-state index contributed by atoms with van der Waals surface area (Å²) in [6.45, 7) is 0. The van der Waals surface area contributed by atoms with Gasteiger partial charge in [0.1, 0.15) is 0 Å². The Balaban J connectivity index is 2.04. The van der Waals surface area contributed by atoms with Crippen molar-refractivity contribution in [2.45, 2.75) is 4.90 Å². The monoisotopic (exact) mass is 334 g/mol. The number of hydrogen-bond acceptors (Lipinski definition) is 6. The van der Waals surface area contributed by atoms with Gasteiger partial charge < -0.3 is 5.11 Å². The van der Waals surface area contributed by atoms with E-state index in [1.807, 2.05) is 0 Å². The van der Waals surface area contributed by atoms with E-state index in [9.17, 15) is 23.6 Å². The lowest BCUT2D eigenvalue weighted by Crippen LogP contribution is -2.13. The molecule has 3 rings (SSSR count). The molecule has 10 heteroatoms. The van der Waals surface area contributed by atoms with E-state index >= 15 is 0 Å². The van der Waals surface area contributed by atoms with E-state index in [0.717, 1.165) is 18.2 Å². The summed E-state index contributed by atoms with van der Waals surface area (Å²) >= 11 is 0. The van der Waals surface area contributed by atoms with E-state index in [1.54, 1.807) is 18.2 Å². The van der Waals surface area contributed by atoms with Crippen LogP contribution in [0.25, 0.3) is 10.9 Å². The van der Waals surface area contributed by atoms with Crippen LogP contribution in [-0.2, 0) is 10.0 Å². The van der Waals surface area contributed by atoms with Gasteiger partial charge in [0.2, 0.25) is 0 Å². The first-order valence-electron chi connectivity index (χ1n) is 6.31. The molecule has 0 fully saturated rings. The summed E-state index contributed by atoms with van der Waals surface area (Å²) in [4.78, 5) is 9.63. The second-order valence-corrected chi connectivity index (χ2v) is 6.33. The fraction of sp³-hybridized carbons (Fsp3) is 0. The highest BCUT2D eigenvalue weighted by Gasteiger charge is 2.22. The molecule has 23 heavy (non-hydrogen) atoms. The first kappa shape index (κ1) is 14.8. The number of nitro groups is 1. The lowest BCUT2D eigenvalue weighted by Gasteiger charge is -2.09. The summed E-state index contributed by atoms with van der Waals surface area (Å²) in [5.74, 6) is -0.606. The molecule has 9 nitrogen and oxygen atoms in total. The van der Waals surface area contributed by atoms with Crippen molar-refractivity contribution in [2.24, 2.45) is 0 Å². The molecule has 0 atom stereocenters. The number of nitrogens with one attached hydrogen (secondary N) is 2. The Bertz CT molecular complexity index is 1010. The van der Waals surface area contributed by atoms with Crippen LogP contribution in [0.5, 0.6) is 5.75 Å². The maximum atomic E-state index is 12.4. The summed E-state index contributed by atoms with van der Waals surface area (Å²) in [6, 6.07) is 7.76. The SMILES string of the molecule is O=[N+]([O-])c1cc(S(=O)(=O)Nc2cccc3[nH]ncc23)ccc1O. The number of phenols is 1. The summed E-state index contributed by atoms with van der Waals surface area (Å²) in [5.41, 5.74) is 0.239. The molecule has 118 valence electrons. The van der Waals surface area contributed by atoms with Crippen molar-refractivity contribution >= 4 is 32.3 Å². The lowest BCUT2D eigenvalue weighted by molar-refractivity contribution is -0.386. The fourth-order valence-electron chi connectivity index (χ4n) is 2.08. The fourth-order valence-corrected chi connectivity index (χ4v) is 3.18. The molecule has 0 aliphatic carbocycles. The van der Waals surface area contributed by atoms with E-state index in [-0.39, 0.29) is 10.6 Å². The Labute approximate surface area is 129 Å². The first-order valence-corrected chi connectivity index (χ1v) is 7.79. The molecule has 2 aromatic carbocycles. The normalized spacial score (nSPS) is 11.5. The van der Waals surface area contributed by atoms with Gasteiger partial charge in [-0.15, -0.1) is 0 Å². The molecule has 0 spiro atoms. The highest BCUT2D eigenvalue weighted by molar-refractivity contribution is 7.92. The molecule has 1 heterocycles. The topological polar surface area (TPSA) is 138 Å². The van der Waals surface area contributed by atoms with Crippen LogP contribution in [-0.4, -0.2) is 28.6 Å². The van der Waals surface area contributed by atoms with Gasteiger partial charge in [-0.3, -0.25) is 19.9 Å². The minimum Gasteiger partial charge on any atom is -0.502 e. The van der Waals surface area contributed by atoms with Crippen LogP contribution in [0.3, 0.4) is 0 Å². The molecule has 0 aliphatic rings. The zero-order chi connectivity index (χ0) is 16.6. The van der Waals surface area contributed by atoms with Crippen molar-refractivity contribution in [1.82, 2.24) is 10.2 Å². The predicted molar refractivity (Wildman–Crippen MR) is 81.7 cm³/mol. The Morgan fingerprint density at radius 1 is 1.26 bits per heavy atom. The van der Waals surface area contributed by atoms with Gasteiger partial charge in [0.05, 0.1) is 27.2 Å². The maximum absolute atomic E-state index is 12.4. The van der Waals surface area contributed by atoms with E-state index in [2.05, 4.69) is 14.9 Å². The summed E-state index contributed by atoms with van der Waals surface area (Å²) in [7, 11) is -4.06. The lowest BCUT2D eigenvalue weighted by atomic mass is 10.2. The van der Waals surface area contributed by atoms with Crippen LogP contribution in [0.4, 0.5) is 11.4 Å². The van der Waals surface area contributed by atoms with Crippen molar-refractivity contribution in [3.05, 3.63) is 52.7 Å². The third kappa shape index (κ3) is 2.66. The smallest absolute Gasteiger partial charge is 0.312 e. The van der Waals surface area contributed by atoms with E-state index in [4.69, 9.17) is 0 Å². The number of nitrogens with zero attached hydrogens (tertiary/aromatic N) is 2. The molecule has 1 aromatic heterocycles. The van der Waals surface area contributed by atoms with Gasteiger partial charge in [0.15, 0.2) is 5.75 Å². The predicted octanol–water partition coefficient (Wildman–Crippen LogP) is 1.98. The number of aromatic nitrogens is 2. The Hall–Kier alpha value is -3.14. The first-order chi connectivity index (χ1) is 10.9. The Morgan fingerprint density at radius 3 is 2.78 bits per heavy atom. The minimum atomic E-state index is -4.06. The third-order valence-electron chi connectivity index (χ3n) is 3.18. The zero-order valence-corrected chi connectivity index (χ0v) is 12.2. The molecule has 0 aliphatic heterocycles. The van der Waals surface area contributed by atoms with Crippen molar-refractivity contribution in [3.8, 4) is 5.75 Å². The molecular formula is C13H10N4O5S. The van der Waals surface area contributed by atoms with Gasteiger partial charge in [-0.2, -0.15) is 5.10 Å². The molecule has 3 N–H and O–H groups in total.